The fourth-order valence-electron chi connectivity index (χ4n) is 0. The van der Waals surface area contributed by atoms with Gasteiger partial charge in [0.15, 0.2) is 0 Å². The summed E-state index contributed by atoms with van der Waals surface area (Å²) in [6.45, 7) is 0. The van der Waals surface area contributed by atoms with Crippen LogP contribution in [0.15, 0.2) is 0 Å². The van der Waals surface area contributed by atoms with Gasteiger partial charge in [-0.3, -0.25) is 0 Å². The summed E-state index contributed by atoms with van der Waals surface area (Å²) in [6.07, 6.45) is 0. The van der Waals surface area contributed by atoms with E-state index in [9.17, 15) is 0 Å². The van der Waals surface area contributed by atoms with Crippen LogP contribution in [0.4, 0.5) is 0 Å². The van der Waals surface area contributed by atoms with E-state index in [1.165, 1.54) is 0 Å². The van der Waals surface area contributed by atoms with Crippen molar-refractivity contribution in [1.82, 2.24) is 0 Å². The van der Waals surface area contributed by atoms with Gasteiger partial charge < -0.3 is 0 Å². The van der Waals surface area contributed by atoms with Gasteiger partial charge in [0.25, 0.3) is 0 Å². The van der Waals surface area contributed by atoms with Gasteiger partial charge in [0.2, 0.25) is 0 Å². The molecular weight excluding hydrogens is 759 g/mol. The first-order valence-corrected chi connectivity index (χ1v) is 16.2. The van der Waals surface area contributed by atoms with Crippen LogP contribution in [-0.2, 0) is 148 Å². The molecule has 0 fully saturated rings. The molecule has 22 heavy (non-hydrogen) atoms. The third-order valence-corrected chi connectivity index (χ3v) is 0. The number of hydrogen-bond donors (Lipinski definition) is 0. The first-order valence-electron chi connectivity index (χ1n) is 2.74. The van der Waals surface area contributed by atoms with Crippen molar-refractivity contribution in [2.75, 3.05) is 0 Å². The Balaban J connectivity index is -0.0000000250. The van der Waals surface area contributed by atoms with Crippen molar-refractivity contribution in [2.24, 2.45) is 0 Å². The molecule has 22 heteroatoms. The summed E-state index contributed by atoms with van der Waals surface area (Å²) in [7, 11) is 0. The van der Waals surface area contributed by atoms with Gasteiger partial charge in [-0.2, -0.15) is 0 Å². The molecule has 0 saturated heterocycles. The maximum absolute atomic E-state index is 8.60. The van der Waals surface area contributed by atoms with Crippen molar-refractivity contribution in [1.29, 1.82) is 0 Å². The fourth-order valence-corrected chi connectivity index (χ4v) is 0. The SMILES string of the molecule is [Li+].[O]=[Nb](=[O])[O-].[O]=[Nb](=[O])[O-].[O]=[Nb](=[O])[O-].[O]=[Nb](=[O])[O-].[O]=[Nb](=[O])[O-].[Ti+4]. The second-order valence-electron chi connectivity index (χ2n) is 1.12. The van der Waals surface area contributed by atoms with Crippen molar-refractivity contribution in [2.45, 2.75) is 0 Å². The predicted octanol–water partition coefficient (Wildman–Crippen LogP) is -10.1. The van der Waals surface area contributed by atoms with E-state index in [4.69, 9.17) is 50.6 Å². The van der Waals surface area contributed by atoms with Gasteiger partial charge in [0.05, 0.1) is 0 Å². The zero-order chi connectivity index (χ0) is 17.9. The first kappa shape index (κ1) is 44.3. The van der Waals surface area contributed by atoms with E-state index in [0.717, 1.165) is 0 Å². The van der Waals surface area contributed by atoms with Gasteiger partial charge in [-0.25, -0.2) is 0 Å². The summed E-state index contributed by atoms with van der Waals surface area (Å²) < 4.78 is 129. The molecule has 0 saturated carbocycles. The van der Waals surface area contributed by atoms with Crippen molar-refractivity contribution in [3.63, 3.8) is 0 Å². The molecule has 0 aliphatic rings. The van der Waals surface area contributed by atoms with Crippen molar-refractivity contribution in [3.8, 4) is 0 Å². The average Bonchev–Trinajstić information content (AvgIpc) is 1.94. The molecule has 0 spiro atoms. The Labute approximate surface area is 182 Å². The van der Waals surface area contributed by atoms with Gasteiger partial charge >= 0.3 is 185 Å². The molecule has 0 aliphatic carbocycles. The molecule has 0 amide bonds. The average molecular weight is 759 g/mol. The summed E-state index contributed by atoms with van der Waals surface area (Å²) in [5.74, 6) is 0. The molecule has 0 aromatic carbocycles. The molecule has 0 atom stereocenters. The molecule has 0 rings (SSSR count). The number of rotatable bonds is 0. The Morgan fingerprint density at radius 1 is 0.364 bits per heavy atom. The number of hydrogen-bond acceptors (Lipinski definition) is 15. The minimum absolute atomic E-state index is 0. The van der Waals surface area contributed by atoms with Crippen LogP contribution in [0.3, 0.4) is 0 Å². The van der Waals surface area contributed by atoms with Crippen LogP contribution in [0.25, 0.3) is 0 Å². The molecule has 0 aromatic heterocycles. The summed E-state index contributed by atoms with van der Waals surface area (Å²) >= 11 is -21.0. The fraction of sp³-hybridized carbons (Fsp3) is 0. The van der Waals surface area contributed by atoms with E-state index in [1.807, 2.05) is 0 Å². The Morgan fingerprint density at radius 2 is 0.364 bits per heavy atom. The van der Waals surface area contributed by atoms with Crippen LogP contribution in [-0.4, -0.2) is 0 Å². The van der Waals surface area contributed by atoms with Gasteiger partial charge in [0.1, 0.15) is 0 Å². The molecular formula is LiNb5O15Ti. The summed E-state index contributed by atoms with van der Waals surface area (Å²) in [4.78, 5) is 0. The molecule has 0 aliphatic heterocycles. The van der Waals surface area contributed by atoms with E-state index in [-0.39, 0.29) is 40.6 Å². The zero-order valence-electron chi connectivity index (χ0n) is 9.86. The predicted molar refractivity (Wildman–Crippen MR) is 6.86 cm³/mol. The van der Waals surface area contributed by atoms with Gasteiger partial charge in [-0.1, -0.05) is 0 Å². The minimum Gasteiger partial charge on any atom is 4.00 e. The van der Waals surface area contributed by atoms with Crippen LogP contribution in [0.2, 0.25) is 0 Å². The minimum atomic E-state index is -4.20. The van der Waals surface area contributed by atoms with Gasteiger partial charge in [-0.15, -0.1) is 0 Å². The summed E-state index contributed by atoms with van der Waals surface area (Å²) in [6, 6.07) is 0. The molecule has 0 N–H and O–H groups in total. The van der Waals surface area contributed by atoms with Crippen molar-refractivity contribution in [3.05, 3.63) is 0 Å². The third-order valence-electron chi connectivity index (χ3n) is 0. The topological polar surface area (TPSA) is 286 Å². The molecule has 15 nitrogen and oxygen atoms in total. The summed E-state index contributed by atoms with van der Waals surface area (Å²) in [5.41, 5.74) is 0. The Kier molecular flexibility index (Phi) is 78.7. The standard InChI is InChI=1S/Li.5Nb.15O.Ti/q+1;;;;;;;;;;;;;;;;5*-1;+4. The van der Waals surface area contributed by atoms with E-state index < -0.39 is 93.9 Å². The normalized spacial score (nSPS) is 5.68. The molecule has 0 unspecified atom stereocenters. The zero-order valence-corrected chi connectivity index (χ0v) is 22.4. The van der Waals surface area contributed by atoms with E-state index in [0.29, 0.717) is 0 Å². The van der Waals surface area contributed by atoms with Gasteiger partial charge in [-0.05, 0) is 0 Å². The van der Waals surface area contributed by atoms with Crippen molar-refractivity contribution < 1.29 is 185 Å². The monoisotopic (exact) mass is 759 g/mol. The van der Waals surface area contributed by atoms with Crippen LogP contribution < -0.4 is 36.9 Å². The Hall–Kier alpha value is 2.81. The largest absolute Gasteiger partial charge is 4.00 e. The molecule has 120 valence electrons. The smallest absolute Gasteiger partial charge is 4.00 e. The van der Waals surface area contributed by atoms with E-state index >= 15 is 0 Å². The third kappa shape index (κ3) is 1370. The van der Waals surface area contributed by atoms with Crippen molar-refractivity contribution >= 4 is 0 Å². The summed E-state index contributed by atoms with van der Waals surface area (Å²) in [5, 5.41) is 0. The van der Waals surface area contributed by atoms with Gasteiger partial charge in [0, 0.05) is 0 Å². The molecule has 0 bridgehead atoms. The first-order chi connectivity index (χ1) is 8.66. The van der Waals surface area contributed by atoms with Crippen LogP contribution >= 0.6 is 0 Å². The van der Waals surface area contributed by atoms with Crippen LogP contribution in [0.1, 0.15) is 0 Å². The van der Waals surface area contributed by atoms with E-state index in [1.54, 1.807) is 0 Å². The second-order valence-corrected chi connectivity index (χ2v) is 6.61. The van der Waals surface area contributed by atoms with E-state index in [2.05, 4.69) is 0 Å². The quantitative estimate of drug-likeness (QED) is 0.207. The molecule has 0 radical (unpaired) electrons. The maximum Gasteiger partial charge on any atom is 4.00 e. The second kappa shape index (κ2) is 39.1. The Bertz CT molecular complexity index is 386. The Morgan fingerprint density at radius 3 is 0.364 bits per heavy atom. The molecule has 0 heterocycles. The van der Waals surface area contributed by atoms with Crippen LogP contribution in [0.5, 0.6) is 0 Å². The molecule has 0 aromatic rings. The van der Waals surface area contributed by atoms with Crippen LogP contribution in [0, 0.1) is 0 Å². The maximum atomic E-state index is 8.60.